The molecule has 1 rings (SSSR count). The molecule has 0 fully saturated rings. The molecule has 0 aromatic carbocycles. The van der Waals surface area contributed by atoms with Crippen molar-refractivity contribution in [3.63, 3.8) is 0 Å². The Morgan fingerprint density at radius 3 is 0.963 bits per heavy atom. The van der Waals surface area contributed by atoms with E-state index in [0.29, 0.717) is 0 Å². The molecule has 3 unspecified atom stereocenters. The van der Waals surface area contributed by atoms with Crippen molar-refractivity contribution in [2.75, 3.05) is 0 Å². The number of hydrogen-bond donors (Lipinski definition) is 3. The van der Waals surface area contributed by atoms with Gasteiger partial charge in [-0.25, -0.2) is 28.8 Å². The van der Waals surface area contributed by atoms with Gasteiger partial charge in [-0.2, -0.15) is 37.9 Å². The van der Waals surface area contributed by atoms with E-state index >= 15 is 0 Å². The van der Waals surface area contributed by atoms with Crippen LogP contribution < -0.4 is 31.6 Å². The molecule has 0 aliphatic rings. The van der Waals surface area contributed by atoms with Gasteiger partial charge in [-0.15, -0.1) is 0 Å². The smallest absolute Gasteiger partial charge is 0.326 e. The number of carbonyl (C=O) groups excluding carboxylic acids is 3. The quantitative estimate of drug-likeness (QED) is 0.393. The molecule has 0 aliphatic carbocycles. The lowest BCUT2D eigenvalue weighted by atomic mass is 10.5. The second kappa shape index (κ2) is 9.18. The second-order valence-corrected chi connectivity index (χ2v) is 7.31. The van der Waals surface area contributed by atoms with Crippen molar-refractivity contribution in [1.82, 2.24) is 14.2 Å². The minimum Gasteiger partial charge on any atom is -0.326 e. The standard InChI is InChI=1S/C12H15N3O9S3/c1-4(25)7(16)22-13-10(19)14(23-8(17)5(2)26)12(21)15(11(13)20)24-9(18)6(3)27/h4-6,25-27H,1-3H3. The summed E-state index contributed by atoms with van der Waals surface area (Å²) in [5, 5.41) is -3.19. The number of thiol groups is 3. The zero-order valence-corrected chi connectivity index (χ0v) is 16.8. The third kappa shape index (κ3) is 5.43. The van der Waals surface area contributed by atoms with Crippen LogP contribution in [0.15, 0.2) is 14.4 Å². The van der Waals surface area contributed by atoms with Crippen molar-refractivity contribution < 1.29 is 28.9 Å². The number of aromatic nitrogens is 3. The van der Waals surface area contributed by atoms with E-state index in [1.807, 2.05) is 0 Å². The van der Waals surface area contributed by atoms with Gasteiger partial charge in [0, 0.05) is 0 Å². The van der Waals surface area contributed by atoms with Crippen LogP contribution in [0.25, 0.3) is 0 Å². The monoisotopic (exact) mass is 441 g/mol. The number of rotatable bonds is 6. The van der Waals surface area contributed by atoms with Crippen LogP contribution in [0.5, 0.6) is 0 Å². The zero-order chi connectivity index (χ0) is 21.0. The molecule has 3 atom stereocenters. The highest BCUT2D eigenvalue weighted by atomic mass is 32.1. The van der Waals surface area contributed by atoms with Crippen molar-refractivity contribution in [3.05, 3.63) is 31.5 Å². The van der Waals surface area contributed by atoms with E-state index in [0.717, 1.165) is 0 Å². The molecule has 0 spiro atoms. The zero-order valence-electron chi connectivity index (χ0n) is 14.1. The largest absolute Gasteiger partial charge is 0.405 e. The molecular formula is C12H15N3O9S3. The summed E-state index contributed by atoms with van der Waals surface area (Å²) in [6.07, 6.45) is 0. The summed E-state index contributed by atoms with van der Waals surface area (Å²) >= 11 is 11.3. The first-order chi connectivity index (χ1) is 12.4. The first-order valence-electron chi connectivity index (χ1n) is 7.10. The summed E-state index contributed by atoms with van der Waals surface area (Å²) in [6.45, 7) is 3.82. The lowest BCUT2D eigenvalue weighted by molar-refractivity contribution is -0.152. The summed E-state index contributed by atoms with van der Waals surface area (Å²) in [5.74, 6) is -3.47. The lowest BCUT2D eigenvalue weighted by Gasteiger charge is -2.13. The molecule has 27 heavy (non-hydrogen) atoms. The normalized spacial score (nSPS) is 14.0. The van der Waals surface area contributed by atoms with Gasteiger partial charge in [-0.3, -0.25) is 0 Å². The molecule has 1 aromatic rings. The molecule has 15 heteroatoms. The number of hydrogen-bond acceptors (Lipinski definition) is 12. The first-order valence-corrected chi connectivity index (χ1v) is 8.65. The SMILES string of the molecule is CC(S)C(=O)On1c(=O)n(OC(=O)C(C)S)c(=O)n(OC(=O)C(C)S)c1=O. The van der Waals surface area contributed by atoms with E-state index in [4.69, 9.17) is 0 Å². The van der Waals surface area contributed by atoms with Crippen LogP contribution in [-0.4, -0.2) is 47.8 Å². The Hall–Kier alpha value is -2.13. The van der Waals surface area contributed by atoms with E-state index < -0.39 is 50.7 Å². The predicted octanol–water partition coefficient (Wildman–Crippen LogP) is -3.01. The second-order valence-electron chi connectivity index (χ2n) is 4.99. The maximum absolute atomic E-state index is 12.3. The number of nitrogens with zero attached hydrogens (tertiary/aromatic N) is 3. The summed E-state index contributed by atoms with van der Waals surface area (Å²) in [6, 6.07) is 0. The minimum absolute atomic E-state index is 0.233. The molecule has 0 N–H and O–H groups in total. The van der Waals surface area contributed by atoms with Gasteiger partial charge in [0.15, 0.2) is 0 Å². The molecule has 12 nitrogen and oxygen atoms in total. The Bertz CT molecular complexity index is 779. The van der Waals surface area contributed by atoms with Gasteiger partial charge in [-0.05, 0) is 20.8 Å². The Balaban J connectivity index is 3.67. The highest BCUT2D eigenvalue weighted by molar-refractivity contribution is 7.82. The van der Waals surface area contributed by atoms with Crippen molar-refractivity contribution in [1.29, 1.82) is 0 Å². The van der Waals surface area contributed by atoms with Gasteiger partial charge in [0.25, 0.3) is 0 Å². The van der Waals surface area contributed by atoms with Crippen LogP contribution in [0.4, 0.5) is 0 Å². The Morgan fingerprint density at radius 1 is 0.630 bits per heavy atom. The van der Waals surface area contributed by atoms with Crippen LogP contribution in [0.1, 0.15) is 20.8 Å². The molecule has 1 heterocycles. The van der Waals surface area contributed by atoms with Crippen molar-refractivity contribution in [3.8, 4) is 0 Å². The first kappa shape index (κ1) is 22.9. The van der Waals surface area contributed by atoms with Crippen molar-refractivity contribution in [2.24, 2.45) is 0 Å². The third-order valence-electron chi connectivity index (χ3n) is 2.61. The van der Waals surface area contributed by atoms with Gasteiger partial charge in [0.05, 0.1) is 15.7 Å². The van der Waals surface area contributed by atoms with Crippen LogP contribution in [0.2, 0.25) is 0 Å². The maximum Gasteiger partial charge on any atom is 0.405 e. The Kier molecular flexibility index (Phi) is 7.79. The Labute approximate surface area is 167 Å². The molecule has 1 aromatic heterocycles. The van der Waals surface area contributed by atoms with E-state index in [1.54, 1.807) is 0 Å². The van der Waals surface area contributed by atoms with Gasteiger partial charge in [0.2, 0.25) is 0 Å². The van der Waals surface area contributed by atoms with Gasteiger partial charge in [-0.1, -0.05) is 14.2 Å². The van der Waals surface area contributed by atoms with Crippen LogP contribution >= 0.6 is 37.9 Å². The van der Waals surface area contributed by atoms with Crippen molar-refractivity contribution >= 4 is 55.8 Å². The predicted molar refractivity (Wildman–Crippen MR) is 99.3 cm³/mol. The molecule has 0 saturated heterocycles. The van der Waals surface area contributed by atoms with Crippen LogP contribution in [0.3, 0.4) is 0 Å². The summed E-state index contributed by atoms with van der Waals surface area (Å²) in [4.78, 5) is 85.3. The minimum atomic E-state index is -1.64. The van der Waals surface area contributed by atoms with Crippen molar-refractivity contribution in [2.45, 2.75) is 36.5 Å². The molecule has 0 amide bonds. The molecule has 0 bridgehead atoms. The van der Waals surface area contributed by atoms with E-state index in [9.17, 15) is 28.8 Å². The van der Waals surface area contributed by atoms with Gasteiger partial charge in [0.1, 0.15) is 0 Å². The van der Waals surface area contributed by atoms with Crippen LogP contribution in [-0.2, 0) is 14.4 Å². The fourth-order valence-corrected chi connectivity index (χ4v) is 1.37. The third-order valence-corrected chi connectivity index (χ3v) is 3.24. The van der Waals surface area contributed by atoms with Gasteiger partial charge < -0.3 is 14.5 Å². The average Bonchev–Trinajstić information content (AvgIpc) is 2.58. The fraction of sp³-hybridized carbons (Fsp3) is 0.500. The highest BCUT2D eigenvalue weighted by Gasteiger charge is 2.26. The summed E-state index contributed by atoms with van der Waals surface area (Å²) in [7, 11) is 0. The highest BCUT2D eigenvalue weighted by Crippen LogP contribution is 1.94. The molecule has 0 radical (unpaired) electrons. The maximum atomic E-state index is 12.3. The summed E-state index contributed by atoms with van der Waals surface area (Å²) in [5.41, 5.74) is -4.91. The van der Waals surface area contributed by atoms with Crippen LogP contribution in [0, 0.1) is 0 Å². The molecular weight excluding hydrogens is 426 g/mol. The molecule has 0 saturated carbocycles. The topological polar surface area (TPSA) is 145 Å². The number of carbonyl (C=O) groups is 3. The fourth-order valence-electron chi connectivity index (χ4n) is 1.23. The Morgan fingerprint density at radius 2 is 0.815 bits per heavy atom. The van der Waals surface area contributed by atoms with Gasteiger partial charge >= 0.3 is 35.0 Å². The molecule has 150 valence electrons. The lowest BCUT2D eigenvalue weighted by Crippen LogP contribution is -2.61. The summed E-state index contributed by atoms with van der Waals surface area (Å²) < 4.78 is -0.698. The average molecular weight is 441 g/mol. The van der Waals surface area contributed by atoms with E-state index in [1.165, 1.54) is 20.8 Å². The molecule has 0 aliphatic heterocycles. The van der Waals surface area contributed by atoms with E-state index in [2.05, 4.69) is 52.4 Å². The van der Waals surface area contributed by atoms with E-state index in [-0.39, 0.29) is 14.2 Å².